The summed E-state index contributed by atoms with van der Waals surface area (Å²) in [6, 6.07) is 20.6. The van der Waals surface area contributed by atoms with Crippen LogP contribution in [0.15, 0.2) is 84.4 Å². The lowest BCUT2D eigenvalue weighted by atomic mass is 10.1. The van der Waals surface area contributed by atoms with Gasteiger partial charge in [0.2, 0.25) is 0 Å². The van der Waals surface area contributed by atoms with Crippen molar-refractivity contribution >= 4 is 40.9 Å². The highest BCUT2D eigenvalue weighted by Crippen LogP contribution is 2.30. The first kappa shape index (κ1) is 23.0. The Morgan fingerprint density at radius 3 is 2.15 bits per heavy atom. The Morgan fingerprint density at radius 1 is 0.853 bits per heavy atom. The monoisotopic (exact) mass is 484 g/mol. The average Bonchev–Trinajstić information content (AvgIpc) is 2.78. The number of amides is 2. The molecule has 0 saturated carbocycles. The number of hydrogen-bond acceptors (Lipinski definition) is 5. The van der Waals surface area contributed by atoms with E-state index in [1.54, 1.807) is 36.4 Å². The topological polar surface area (TPSA) is 67.9 Å². The van der Waals surface area contributed by atoms with Gasteiger partial charge >= 0.3 is 6.36 Å². The van der Waals surface area contributed by atoms with Crippen molar-refractivity contribution in [2.45, 2.75) is 6.36 Å². The number of carbonyl (C=O) groups is 2. The lowest BCUT2D eigenvalue weighted by Gasteiger charge is -2.29. The van der Waals surface area contributed by atoms with E-state index in [4.69, 9.17) is 17.0 Å². The highest BCUT2D eigenvalue weighted by Gasteiger charge is 2.36. The predicted octanol–water partition coefficient (Wildman–Crippen LogP) is 5.21. The molecule has 3 aromatic rings. The van der Waals surface area contributed by atoms with Gasteiger partial charge in [-0.15, -0.1) is 13.2 Å². The molecule has 1 N–H and O–H groups in total. The van der Waals surface area contributed by atoms with Crippen molar-refractivity contribution in [3.8, 4) is 17.2 Å². The third-order valence-electron chi connectivity index (χ3n) is 4.62. The van der Waals surface area contributed by atoms with Crippen LogP contribution in [0.4, 0.5) is 18.9 Å². The smallest absolute Gasteiger partial charge is 0.457 e. The second-order valence-corrected chi connectivity index (χ2v) is 7.34. The number of thiocarbonyl (C=S) groups is 1. The molecule has 172 valence electrons. The van der Waals surface area contributed by atoms with Gasteiger partial charge in [0.05, 0.1) is 5.69 Å². The number of ether oxygens (including phenoxy) is 2. The molecule has 2 amide bonds. The molecule has 0 radical (unpaired) electrons. The van der Waals surface area contributed by atoms with E-state index in [0.29, 0.717) is 17.2 Å². The van der Waals surface area contributed by atoms with E-state index >= 15 is 0 Å². The molecule has 10 heteroatoms. The third-order valence-corrected chi connectivity index (χ3v) is 4.90. The van der Waals surface area contributed by atoms with Crippen LogP contribution in [0, 0.1) is 0 Å². The van der Waals surface area contributed by atoms with Crippen molar-refractivity contribution in [1.82, 2.24) is 5.32 Å². The maximum absolute atomic E-state index is 13.1. The maximum atomic E-state index is 13.1. The van der Waals surface area contributed by atoms with Gasteiger partial charge in [0, 0.05) is 5.56 Å². The molecule has 0 atom stereocenters. The van der Waals surface area contributed by atoms with Crippen molar-refractivity contribution in [2.75, 3.05) is 4.90 Å². The van der Waals surface area contributed by atoms with Gasteiger partial charge in [-0.25, -0.2) is 0 Å². The second-order valence-electron chi connectivity index (χ2n) is 6.95. The summed E-state index contributed by atoms with van der Waals surface area (Å²) in [4.78, 5) is 26.7. The summed E-state index contributed by atoms with van der Waals surface area (Å²) in [5, 5.41) is 2.22. The van der Waals surface area contributed by atoms with E-state index in [2.05, 4.69) is 10.1 Å². The van der Waals surface area contributed by atoms with E-state index in [1.165, 1.54) is 18.2 Å². The number of alkyl halides is 3. The quantitative estimate of drug-likeness (QED) is 0.306. The number of para-hydroxylation sites is 2. The molecule has 6 nitrogen and oxygen atoms in total. The number of carbonyl (C=O) groups excluding carboxylic acids is 2. The largest absolute Gasteiger partial charge is 0.573 e. The zero-order valence-electron chi connectivity index (χ0n) is 17.2. The van der Waals surface area contributed by atoms with Crippen LogP contribution in [-0.4, -0.2) is 23.3 Å². The predicted molar refractivity (Wildman–Crippen MR) is 122 cm³/mol. The fraction of sp³-hybridized carbons (Fsp3) is 0.0417. The molecule has 0 aliphatic carbocycles. The van der Waals surface area contributed by atoms with E-state index in [9.17, 15) is 22.8 Å². The first-order valence-corrected chi connectivity index (χ1v) is 10.2. The Balaban J connectivity index is 1.62. The van der Waals surface area contributed by atoms with Crippen LogP contribution in [0.5, 0.6) is 17.2 Å². The summed E-state index contributed by atoms with van der Waals surface area (Å²) in [6.07, 6.45) is -3.91. The Morgan fingerprint density at radius 2 is 1.47 bits per heavy atom. The van der Waals surface area contributed by atoms with Gasteiger partial charge in [-0.05, 0) is 60.8 Å². The van der Waals surface area contributed by atoms with Gasteiger partial charge in [-0.1, -0.05) is 36.4 Å². The average molecular weight is 484 g/mol. The summed E-state index contributed by atoms with van der Waals surface area (Å²) in [5.41, 5.74) is -0.171. The molecule has 34 heavy (non-hydrogen) atoms. The van der Waals surface area contributed by atoms with E-state index in [-0.39, 0.29) is 10.7 Å². The lowest BCUT2D eigenvalue weighted by Crippen LogP contribution is -2.54. The Labute approximate surface area is 197 Å². The number of nitrogens with one attached hydrogen (secondary N) is 1. The molecule has 1 aliphatic rings. The van der Waals surface area contributed by atoms with Crippen LogP contribution < -0.4 is 19.7 Å². The minimum atomic E-state index is -4.94. The van der Waals surface area contributed by atoms with Crippen LogP contribution in [0.3, 0.4) is 0 Å². The molecule has 1 heterocycles. The van der Waals surface area contributed by atoms with Crippen LogP contribution in [0.1, 0.15) is 5.56 Å². The highest BCUT2D eigenvalue weighted by atomic mass is 32.1. The van der Waals surface area contributed by atoms with Gasteiger partial charge in [-0.2, -0.15) is 0 Å². The molecule has 4 rings (SSSR count). The summed E-state index contributed by atoms with van der Waals surface area (Å²) in [6.45, 7) is 0. The number of rotatable bonds is 5. The van der Waals surface area contributed by atoms with Crippen molar-refractivity contribution < 1.29 is 32.2 Å². The molecule has 3 aromatic carbocycles. The van der Waals surface area contributed by atoms with Crippen molar-refractivity contribution in [2.24, 2.45) is 0 Å². The van der Waals surface area contributed by atoms with E-state index in [0.717, 1.165) is 17.0 Å². The Kier molecular flexibility index (Phi) is 6.33. The first-order chi connectivity index (χ1) is 16.2. The van der Waals surface area contributed by atoms with Crippen LogP contribution in [0.2, 0.25) is 0 Å². The van der Waals surface area contributed by atoms with Gasteiger partial charge in [0.1, 0.15) is 22.8 Å². The van der Waals surface area contributed by atoms with Crippen molar-refractivity contribution in [3.63, 3.8) is 0 Å². The summed E-state index contributed by atoms with van der Waals surface area (Å²) in [7, 11) is 0. The van der Waals surface area contributed by atoms with Gasteiger partial charge in [-0.3, -0.25) is 19.8 Å². The molecule has 0 bridgehead atoms. The minimum Gasteiger partial charge on any atom is -0.457 e. The molecule has 1 fully saturated rings. The molecule has 0 unspecified atom stereocenters. The van der Waals surface area contributed by atoms with Crippen LogP contribution in [-0.2, 0) is 9.59 Å². The highest BCUT2D eigenvalue weighted by molar-refractivity contribution is 7.80. The third kappa shape index (κ3) is 5.24. The summed E-state index contributed by atoms with van der Waals surface area (Å²) >= 11 is 5.16. The number of nitrogens with zero attached hydrogens (tertiary/aromatic N) is 1. The fourth-order valence-electron chi connectivity index (χ4n) is 3.15. The number of hydrogen-bond donors (Lipinski definition) is 1. The Hall–Kier alpha value is -4.18. The molecule has 1 aliphatic heterocycles. The fourth-order valence-corrected chi connectivity index (χ4v) is 3.43. The van der Waals surface area contributed by atoms with Crippen molar-refractivity contribution in [1.29, 1.82) is 0 Å². The maximum Gasteiger partial charge on any atom is 0.573 e. The summed E-state index contributed by atoms with van der Waals surface area (Å²) in [5.74, 6) is -1.06. The zero-order valence-corrected chi connectivity index (χ0v) is 18.0. The minimum absolute atomic E-state index is 0.0993. The van der Waals surface area contributed by atoms with Crippen molar-refractivity contribution in [3.05, 3.63) is 90.0 Å². The number of anilines is 1. The molecule has 0 spiro atoms. The second kappa shape index (κ2) is 9.36. The zero-order chi connectivity index (χ0) is 24.3. The number of benzene rings is 3. The molecule has 0 aromatic heterocycles. The lowest BCUT2D eigenvalue weighted by molar-refractivity contribution is -0.274. The summed E-state index contributed by atoms with van der Waals surface area (Å²) < 4.78 is 47.9. The van der Waals surface area contributed by atoms with Gasteiger partial charge in [0.15, 0.2) is 5.11 Å². The normalized spacial score (nSPS) is 15.3. The van der Waals surface area contributed by atoms with Gasteiger partial charge in [0.25, 0.3) is 11.8 Å². The van der Waals surface area contributed by atoms with Gasteiger partial charge < -0.3 is 9.47 Å². The molecular formula is C24H15F3N2O4S. The van der Waals surface area contributed by atoms with Crippen LogP contribution >= 0.6 is 12.2 Å². The van der Waals surface area contributed by atoms with E-state index < -0.39 is 29.5 Å². The first-order valence-electron chi connectivity index (χ1n) is 9.80. The number of halogens is 3. The van der Waals surface area contributed by atoms with Crippen LogP contribution in [0.25, 0.3) is 6.08 Å². The SMILES string of the molecule is O=C1NC(=S)N(c2ccc(Oc3ccccc3)cc2)C(=O)C1=Cc1ccccc1OC(F)(F)F. The molecule has 1 saturated heterocycles. The van der Waals surface area contributed by atoms with E-state index in [1.807, 2.05) is 18.2 Å². The Bertz CT molecular complexity index is 1280. The standard InChI is InChI=1S/C24H15F3N2O4S/c25-24(26,27)33-20-9-5-4-6-15(20)14-19-21(30)28-23(34)29(22(19)31)16-10-12-18(13-11-16)32-17-7-2-1-3-8-17/h1-14H,(H,28,30,34). The molecular weight excluding hydrogens is 469 g/mol.